The van der Waals surface area contributed by atoms with Crippen molar-refractivity contribution in [3.63, 3.8) is 0 Å². The second-order valence-electron chi connectivity index (χ2n) is 4.40. The first-order chi connectivity index (χ1) is 7.50. The lowest BCUT2D eigenvalue weighted by molar-refractivity contribution is -0.384. The number of nitro groups is 1. The summed E-state index contributed by atoms with van der Waals surface area (Å²) < 4.78 is 0.797. The number of nitrogens with zero attached hydrogens (tertiary/aromatic N) is 1. The first kappa shape index (κ1) is 11.5. The van der Waals surface area contributed by atoms with E-state index in [4.69, 9.17) is 5.73 Å². The van der Waals surface area contributed by atoms with Crippen molar-refractivity contribution in [3.8, 4) is 0 Å². The van der Waals surface area contributed by atoms with Crippen molar-refractivity contribution in [2.75, 3.05) is 0 Å². The molecule has 86 valence electrons. The van der Waals surface area contributed by atoms with Crippen molar-refractivity contribution in [2.45, 2.75) is 31.2 Å². The minimum Gasteiger partial charge on any atom is -0.325 e. The SMILES string of the molecule is NC1(CCc2ccc([N+](=O)[O-])cc2Br)CC1. The number of aryl methyl sites for hydroxylation is 1. The lowest BCUT2D eigenvalue weighted by Gasteiger charge is -2.09. The van der Waals surface area contributed by atoms with E-state index in [0.29, 0.717) is 0 Å². The van der Waals surface area contributed by atoms with Crippen molar-refractivity contribution in [1.82, 2.24) is 0 Å². The van der Waals surface area contributed by atoms with Crippen LogP contribution < -0.4 is 5.73 Å². The van der Waals surface area contributed by atoms with Crippen molar-refractivity contribution in [2.24, 2.45) is 5.73 Å². The summed E-state index contributed by atoms with van der Waals surface area (Å²) in [5.41, 5.74) is 7.23. The average Bonchev–Trinajstić information content (AvgIpc) is 2.95. The second kappa shape index (κ2) is 4.14. The molecule has 1 aliphatic carbocycles. The summed E-state index contributed by atoms with van der Waals surface area (Å²) in [7, 11) is 0. The molecule has 0 aliphatic heterocycles. The minimum atomic E-state index is -0.389. The number of nitrogens with two attached hydrogens (primary N) is 1. The number of hydrogen-bond donors (Lipinski definition) is 1. The third-order valence-corrected chi connectivity index (χ3v) is 3.77. The van der Waals surface area contributed by atoms with E-state index in [1.807, 2.05) is 0 Å². The molecule has 1 aromatic carbocycles. The van der Waals surface area contributed by atoms with E-state index in [1.54, 1.807) is 12.1 Å². The summed E-state index contributed by atoms with van der Waals surface area (Å²) in [4.78, 5) is 10.2. The van der Waals surface area contributed by atoms with Crippen LogP contribution in [-0.2, 0) is 6.42 Å². The predicted molar refractivity (Wildman–Crippen MR) is 65.3 cm³/mol. The molecule has 0 spiro atoms. The van der Waals surface area contributed by atoms with Crippen LogP contribution in [0.25, 0.3) is 0 Å². The quantitative estimate of drug-likeness (QED) is 0.683. The van der Waals surface area contributed by atoms with Crippen molar-refractivity contribution < 1.29 is 4.92 Å². The molecule has 4 nitrogen and oxygen atoms in total. The highest BCUT2D eigenvalue weighted by Gasteiger charge is 2.37. The zero-order valence-corrected chi connectivity index (χ0v) is 10.4. The molecule has 1 aliphatic rings. The molecule has 2 rings (SSSR count). The van der Waals surface area contributed by atoms with Crippen LogP contribution >= 0.6 is 15.9 Å². The molecule has 0 heterocycles. The summed E-state index contributed by atoms with van der Waals surface area (Å²) >= 11 is 3.36. The second-order valence-corrected chi connectivity index (χ2v) is 5.25. The molecule has 1 fully saturated rings. The summed E-state index contributed by atoms with van der Waals surface area (Å²) in [6, 6.07) is 4.88. The monoisotopic (exact) mass is 284 g/mol. The molecular formula is C11H13BrN2O2. The number of halogens is 1. The van der Waals surface area contributed by atoms with Crippen LogP contribution in [0, 0.1) is 10.1 Å². The molecule has 0 atom stereocenters. The molecule has 0 amide bonds. The Hall–Kier alpha value is -0.940. The molecule has 16 heavy (non-hydrogen) atoms. The van der Waals surface area contributed by atoms with Gasteiger partial charge >= 0.3 is 0 Å². The summed E-state index contributed by atoms with van der Waals surface area (Å²) in [6.07, 6.45) is 4.01. The molecule has 1 aromatic rings. The van der Waals surface area contributed by atoms with Crippen LogP contribution in [0.2, 0.25) is 0 Å². The molecule has 0 aromatic heterocycles. The van der Waals surface area contributed by atoms with Gasteiger partial charge in [0.1, 0.15) is 0 Å². The Morgan fingerprint density at radius 1 is 1.50 bits per heavy atom. The summed E-state index contributed by atoms with van der Waals surface area (Å²) in [6.45, 7) is 0. The van der Waals surface area contributed by atoms with E-state index in [9.17, 15) is 10.1 Å². The van der Waals surface area contributed by atoms with E-state index >= 15 is 0 Å². The fourth-order valence-corrected chi connectivity index (χ4v) is 2.21. The van der Waals surface area contributed by atoms with Crippen LogP contribution in [0.1, 0.15) is 24.8 Å². The third-order valence-electron chi connectivity index (χ3n) is 3.03. The van der Waals surface area contributed by atoms with Gasteiger partial charge in [0, 0.05) is 22.1 Å². The lowest BCUT2D eigenvalue weighted by Crippen LogP contribution is -2.22. The maximum atomic E-state index is 10.6. The Morgan fingerprint density at radius 2 is 2.19 bits per heavy atom. The number of benzene rings is 1. The molecule has 0 unspecified atom stereocenters. The van der Waals surface area contributed by atoms with E-state index in [0.717, 1.165) is 35.7 Å². The van der Waals surface area contributed by atoms with Crippen molar-refractivity contribution in [3.05, 3.63) is 38.3 Å². The number of rotatable bonds is 4. The van der Waals surface area contributed by atoms with Gasteiger partial charge in [0.05, 0.1) is 4.92 Å². The normalized spacial score (nSPS) is 17.1. The van der Waals surface area contributed by atoms with E-state index < -0.39 is 0 Å². The largest absolute Gasteiger partial charge is 0.325 e. The van der Waals surface area contributed by atoms with Crippen LogP contribution in [0.4, 0.5) is 5.69 Å². The van der Waals surface area contributed by atoms with E-state index in [2.05, 4.69) is 15.9 Å². The molecule has 0 radical (unpaired) electrons. The Morgan fingerprint density at radius 3 is 2.69 bits per heavy atom. The molecule has 1 saturated carbocycles. The molecular weight excluding hydrogens is 272 g/mol. The molecule has 0 bridgehead atoms. The minimum absolute atomic E-state index is 0.0290. The van der Waals surface area contributed by atoms with Crippen LogP contribution in [-0.4, -0.2) is 10.5 Å². The van der Waals surface area contributed by atoms with Crippen LogP contribution in [0.15, 0.2) is 22.7 Å². The van der Waals surface area contributed by atoms with Gasteiger partial charge in [-0.3, -0.25) is 10.1 Å². The van der Waals surface area contributed by atoms with E-state index in [1.165, 1.54) is 6.07 Å². The van der Waals surface area contributed by atoms with Crippen LogP contribution in [0.3, 0.4) is 0 Å². The van der Waals surface area contributed by atoms with Crippen molar-refractivity contribution >= 4 is 21.6 Å². The van der Waals surface area contributed by atoms with Gasteiger partial charge in [0.2, 0.25) is 0 Å². The first-order valence-corrected chi connectivity index (χ1v) is 6.01. The van der Waals surface area contributed by atoms with Gasteiger partial charge in [0.25, 0.3) is 5.69 Å². The van der Waals surface area contributed by atoms with Gasteiger partial charge in [-0.15, -0.1) is 0 Å². The number of hydrogen-bond acceptors (Lipinski definition) is 3. The van der Waals surface area contributed by atoms with Gasteiger partial charge in [-0.25, -0.2) is 0 Å². The highest BCUT2D eigenvalue weighted by atomic mass is 79.9. The zero-order chi connectivity index (χ0) is 11.8. The average molecular weight is 285 g/mol. The number of nitro benzene ring substituents is 1. The maximum Gasteiger partial charge on any atom is 0.270 e. The predicted octanol–water partition coefficient (Wildman–Crippen LogP) is 2.78. The highest BCUT2D eigenvalue weighted by Crippen LogP contribution is 2.37. The number of non-ortho nitro benzene ring substituents is 1. The van der Waals surface area contributed by atoms with Gasteiger partial charge in [-0.05, 0) is 31.2 Å². The van der Waals surface area contributed by atoms with Gasteiger partial charge in [0.15, 0.2) is 0 Å². The van der Waals surface area contributed by atoms with E-state index in [-0.39, 0.29) is 16.1 Å². The summed E-state index contributed by atoms with van der Waals surface area (Å²) in [5, 5.41) is 10.6. The molecule has 2 N–H and O–H groups in total. The van der Waals surface area contributed by atoms with Crippen molar-refractivity contribution in [1.29, 1.82) is 0 Å². The fourth-order valence-electron chi connectivity index (χ4n) is 1.65. The lowest BCUT2D eigenvalue weighted by atomic mass is 10.0. The Labute approximate surface area is 102 Å². The smallest absolute Gasteiger partial charge is 0.270 e. The maximum absolute atomic E-state index is 10.6. The molecule has 5 heteroatoms. The third kappa shape index (κ3) is 2.59. The Balaban J connectivity index is 2.07. The standard InChI is InChI=1S/C11H13BrN2O2/c12-10-7-9(14(15)16)2-1-8(10)3-4-11(13)5-6-11/h1-2,7H,3-6,13H2. The van der Waals surface area contributed by atoms with Crippen LogP contribution in [0.5, 0.6) is 0 Å². The molecule has 0 saturated heterocycles. The van der Waals surface area contributed by atoms with Gasteiger partial charge in [-0.2, -0.15) is 0 Å². The first-order valence-electron chi connectivity index (χ1n) is 5.22. The van der Waals surface area contributed by atoms with Gasteiger partial charge in [-0.1, -0.05) is 22.0 Å². The highest BCUT2D eigenvalue weighted by molar-refractivity contribution is 9.10. The Bertz CT molecular complexity index is 430. The fraction of sp³-hybridized carbons (Fsp3) is 0.455. The van der Waals surface area contributed by atoms with Gasteiger partial charge < -0.3 is 5.73 Å². The summed E-state index contributed by atoms with van der Waals surface area (Å²) in [5.74, 6) is 0. The topological polar surface area (TPSA) is 69.2 Å². The zero-order valence-electron chi connectivity index (χ0n) is 8.78. The Kier molecular flexibility index (Phi) is 2.99.